The molecule has 5 heteroatoms. The Balaban J connectivity index is 1.54. The number of hydrogen-bond acceptors (Lipinski definition) is 5. The van der Waals surface area contributed by atoms with Crippen LogP contribution in [0, 0.1) is 6.92 Å². The molecular formula is C19H15N3OS. The van der Waals surface area contributed by atoms with E-state index in [0.29, 0.717) is 17.5 Å². The van der Waals surface area contributed by atoms with Gasteiger partial charge in [0.1, 0.15) is 0 Å². The zero-order valence-corrected chi connectivity index (χ0v) is 14.0. The van der Waals surface area contributed by atoms with Crippen molar-refractivity contribution in [1.29, 1.82) is 0 Å². The normalized spacial score (nSPS) is 11.0. The molecule has 2 heterocycles. The predicted molar refractivity (Wildman–Crippen MR) is 95.8 cm³/mol. The molecule has 0 bridgehead atoms. The third kappa shape index (κ3) is 3.03. The van der Waals surface area contributed by atoms with Crippen LogP contribution in [-0.4, -0.2) is 15.1 Å². The van der Waals surface area contributed by atoms with Crippen molar-refractivity contribution in [2.45, 2.75) is 17.6 Å². The quantitative estimate of drug-likeness (QED) is 0.498. The van der Waals surface area contributed by atoms with Crippen molar-refractivity contribution in [3.05, 3.63) is 72.2 Å². The average molecular weight is 333 g/mol. The first-order chi connectivity index (χ1) is 11.8. The van der Waals surface area contributed by atoms with Crippen molar-refractivity contribution in [3.63, 3.8) is 0 Å². The van der Waals surface area contributed by atoms with E-state index in [1.54, 1.807) is 11.8 Å². The minimum atomic E-state index is 0.623. The number of aryl methyl sites for hydroxylation is 1. The molecule has 2 aromatic carbocycles. The van der Waals surface area contributed by atoms with Gasteiger partial charge in [-0.05, 0) is 25.1 Å². The molecule has 2 aromatic heterocycles. The fourth-order valence-corrected chi connectivity index (χ4v) is 3.43. The van der Waals surface area contributed by atoms with Crippen molar-refractivity contribution in [2.24, 2.45) is 0 Å². The van der Waals surface area contributed by atoms with Gasteiger partial charge in [0.2, 0.25) is 11.7 Å². The molecule has 4 nitrogen and oxygen atoms in total. The van der Waals surface area contributed by atoms with Gasteiger partial charge < -0.3 is 4.52 Å². The summed E-state index contributed by atoms with van der Waals surface area (Å²) in [4.78, 5) is 10.0. The number of hydrogen-bond donors (Lipinski definition) is 0. The van der Waals surface area contributed by atoms with Gasteiger partial charge in [-0.3, -0.25) is 4.98 Å². The molecule has 0 atom stereocenters. The van der Waals surface area contributed by atoms with Gasteiger partial charge in [-0.15, -0.1) is 11.8 Å². The highest BCUT2D eigenvalue weighted by atomic mass is 32.2. The van der Waals surface area contributed by atoms with E-state index in [4.69, 9.17) is 4.52 Å². The fourth-order valence-electron chi connectivity index (χ4n) is 2.55. The van der Waals surface area contributed by atoms with E-state index in [1.165, 1.54) is 5.56 Å². The van der Waals surface area contributed by atoms with Crippen LogP contribution >= 0.6 is 11.8 Å². The standard InChI is InChI=1S/C19H15N3OS/c1-13-5-4-6-14(11-13)19-21-18(23-22-19)12-24-17-9-10-20-16-8-3-2-7-15(16)17/h2-11H,12H2,1H3. The summed E-state index contributed by atoms with van der Waals surface area (Å²) >= 11 is 1.68. The molecule has 24 heavy (non-hydrogen) atoms. The Labute approximate surface area is 143 Å². The zero-order chi connectivity index (χ0) is 16.4. The van der Waals surface area contributed by atoms with Gasteiger partial charge in [0.15, 0.2) is 0 Å². The van der Waals surface area contributed by atoms with E-state index < -0.39 is 0 Å². The highest BCUT2D eigenvalue weighted by molar-refractivity contribution is 7.98. The van der Waals surface area contributed by atoms with E-state index >= 15 is 0 Å². The maximum atomic E-state index is 5.40. The Morgan fingerprint density at radius 1 is 1.04 bits per heavy atom. The van der Waals surface area contributed by atoms with Gasteiger partial charge in [0.05, 0.1) is 11.3 Å². The van der Waals surface area contributed by atoms with Crippen molar-refractivity contribution in [1.82, 2.24) is 15.1 Å². The summed E-state index contributed by atoms with van der Waals surface area (Å²) in [5.74, 6) is 1.89. The van der Waals surface area contributed by atoms with Crippen molar-refractivity contribution in [2.75, 3.05) is 0 Å². The summed E-state index contributed by atoms with van der Waals surface area (Å²) < 4.78 is 5.40. The Kier molecular flexibility index (Phi) is 4.01. The maximum Gasteiger partial charge on any atom is 0.237 e. The van der Waals surface area contributed by atoms with Crippen LogP contribution in [0.15, 0.2) is 70.2 Å². The molecule has 0 amide bonds. The van der Waals surface area contributed by atoms with Crippen LogP contribution in [0.3, 0.4) is 0 Å². The Morgan fingerprint density at radius 2 is 1.96 bits per heavy atom. The first-order valence-electron chi connectivity index (χ1n) is 7.66. The summed E-state index contributed by atoms with van der Waals surface area (Å²) in [5, 5.41) is 5.23. The highest BCUT2D eigenvalue weighted by Crippen LogP contribution is 2.29. The number of thioether (sulfide) groups is 1. The van der Waals surface area contributed by atoms with E-state index in [0.717, 1.165) is 21.4 Å². The van der Waals surface area contributed by atoms with E-state index in [9.17, 15) is 0 Å². The van der Waals surface area contributed by atoms with E-state index in [1.807, 2.05) is 42.6 Å². The molecule has 0 radical (unpaired) electrons. The summed E-state index contributed by atoms with van der Waals surface area (Å²) in [6, 6.07) is 18.2. The summed E-state index contributed by atoms with van der Waals surface area (Å²) in [7, 11) is 0. The molecule has 4 rings (SSSR count). The lowest BCUT2D eigenvalue weighted by atomic mass is 10.1. The monoisotopic (exact) mass is 333 g/mol. The number of nitrogens with zero attached hydrogens (tertiary/aromatic N) is 3. The van der Waals surface area contributed by atoms with Gasteiger partial charge >= 0.3 is 0 Å². The lowest BCUT2D eigenvalue weighted by Crippen LogP contribution is -1.85. The molecule has 0 N–H and O–H groups in total. The smallest absolute Gasteiger partial charge is 0.237 e. The molecule has 0 aliphatic heterocycles. The van der Waals surface area contributed by atoms with Crippen molar-refractivity contribution in [3.8, 4) is 11.4 Å². The molecule has 0 saturated heterocycles. The lowest BCUT2D eigenvalue weighted by molar-refractivity contribution is 0.391. The molecule has 4 aromatic rings. The van der Waals surface area contributed by atoms with Gasteiger partial charge in [0, 0.05) is 22.0 Å². The van der Waals surface area contributed by atoms with Crippen molar-refractivity contribution < 1.29 is 4.52 Å². The molecular weight excluding hydrogens is 318 g/mol. The Morgan fingerprint density at radius 3 is 2.88 bits per heavy atom. The minimum Gasteiger partial charge on any atom is -0.338 e. The van der Waals surface area contributed by atoms with Crippen LogP contribution < -0.4 is 0 Å². The fraction of sp³-hybridized carbons (Fsp3) is 0.105. The van der Waals surface area contributed by atoms with Crippen LogP contribution in [0.5, 0.6) is 0 Å². The summed E-state index contributed by atoms with van der Waals surface area (Å²) in [6.07, 6.45) is 1.83. The number of pyridine rings is 1. The molecule has 0 aliphatic rings. The van der Waals surface area contributed by atoms with Crippen molar-refractivity contribution >= 4 is 22.7 Å². The SMILES string of the molecule is Cc1cccc(-c2noc(CSc3ccnc4ccccc34)n2)c1. The molecule has 0 aliphatic carbocycles. The second kappa shape index (κ2) is 6.45. The molecule has 0 saturated carbocycles. The van der Waals surface area contributed by atoms with Crippen LogP contribution in [0.2, 0.25) is 0 Å². The molecule has 0 spiro atoms. The van der Waals surface area contributed by atoms with Crippen LogP contribution in [0.1, 0.15) is 11.5 Å². The Bertz CT molecular complexity index is 991. The second-order valence-corrected chi connectivity index (χ2v) is 6.51. The second-order valence-electron chi connectivity index (χ2n) is 5.50. The third-order valence-corrected chi connectivity index (χ3v) is 4.76. The van der Waals surface area contributed by atoms with E-state index in [2.05, 4.69) is 40.2 Å². The largest absolute Gasteiger partial charge is 0.338 e. The van der Waals surface area contributed by atoms with Gasteiger partial charge in [0.25, 0.3) is 0 Å². The van der Waals surface area contributed by atoms with Gasteiger partial charge in [-0.1, -0.05) is 47.1 Å². The van der Waals surface area contributed by atoms with Crippen LogP contribution in [-0.2, 0) is 5.75 Å². The predicted octanol–water partition coefficient (Wildman–Crippen LogP) is 4.89. The van der Waals surface area contributed by atoms with E-state index in [-0.39, 0.29) is 0 Å². The maximum absolute atomic E-state index is 5.40. The summed E-state index contributed by atoms with van der Waals surface area (Å²) in [5.41, 5.74) is 3.15. The number of para-hydroxylation sites is 1. The average Bonchev–Trinajstić information content (AvgIpc) is 3.09. The number of fused-ring (bicyclic) bond motifs is 1. The highest BCUT2D eigenvalue weighted by Gasteiger charge is 2.10. The van der Waals surface area contributed by atoms with Gasteiger partial charge in [-0.2, -0.15) is 4.98 Å². The first kappa shape index (κ1) is 14.9. The number of aromatic nitrogens is 3. The van der Waals surface area contributed by atoms with Crippen LogP contribution in [0.4, 0.5) is 0 Å². The lowest BCUT2D eigenvalue weighted by Gasteiger charge is -2.03. The number of rotatable bonds is 4. The Hall–Kier alpha value is -2.66. The third-order valence-electron chi connectivity index (χ3n) is 3.70. The molecule has 0 fully saturated rings. The number of benzene rings is 2. The topological polar surface area (TPSA) is 51.8 Å². The summed E-state index contributed by atoms with van der Waals surface area (Å²) in [6.45, 7) is 2.05. The molecule has 0 unspecified atom stereocenters. The molecule has 118 valence electrons. The van der Waals surface area contributed by atoms with Crippen LogP contribution in [0.25, 0.3) is 22.3 Å². The zero-order valence-electron chi connectivity index (χ0n) is 13.1. The minimum absolute atomic E-state index is 0.623. The first-order valence-corrected chi connectivity index (χ1v) is 8.64. The van der Waals surface area contributed by atoms with Gasteiger partial charge in [-0.25, -0.2) is 0 Å².